The fourth-order valence-corrected chi connectivity index (χ4v) is 1.34. The molecule has 0 saturated heterocycles. The topological polar surface area (TPSA) is 61.9 Å². The first-order valence-electron chi connectivity index (χ1n) is 5.11. The van der Waals surface area contributed by atoms with Crippen molar-refractivity contribution in [2.45, 2.75) is 33.2 Å². The van der Waals surface area contributed by atoms with E-state index in [4.69, 9.17) is 9.78 Å². The summed E-state index contributed by atoms with van der Waals surface area (Å²) < 4.78 is 4.96. The highest BCUT2D eigenvalue weighted by Crippen LogP contribution is 2.20. The molecule has 1 rings (SSSR count). The highest BCUT2D eigenvalue weighted by molar-refractivity contribution is 4.92. The van der Waals surface area contributed by atoms with Crippen LogP contribution in [0.25, 0.3) is 0 Å². The van der Waals surface area contributed by atoms with Crippen LogP contribution in [0.15, 0.2) is 16.8 Å². The molecule has 1 aromatic rings. The molecular weight excluding hydrogens is 190 g/mol. The molecule has 4 heteroatoms. The minimum Gasteiger partial charge on any atom is -0.360 e. The van der Waals surface area contributed by atoms with E-state index in [9.17, 15) is 0 Å². The Bertz CT molecular complexity index is 311. The molecule has 1 aromatic heterocycles. The molecule has 0 amide bonds. The molecule has 0 saturated carbocycles. The normalized spacial score (nSPS) is 11.3. The van der Waals surface area contributed by atoms with Crippen LogP contribution in [0.3, 0.4) is 0 Å². The predicted octanol–water partition coefficient (Wildman–Crippen LogP) is 2.09. The Balaban J connectivity index is 2.21. The maximum absolute atomic E-state index is 8.51. The number of nitriles is 1. The second-order valence-electron chi connectivity index (χ2n) is 4.40. The summed E-state index contributed by atoms with van der Waals surface area (Å²) >= 11 is 0. The van der Waals surface area contributed by atoms with E-state index >= 15 is 0 Å². The molecule has 0 bridgehead atoms. The Kier molecular flexibility index (Phi) is 4.32. The minimum absolute atomic E-state index is 0.149. The van der Waals surface area contributed by atoms with Crippen LogP contribution < -0.4 is 5.32 Å². The third-order valence-corrected chi connectivity index (χ3v) is 2.31. The van der Waals surface area contributed by atoms with Crippen molar-refractivity contribution in [1.82, 2.24) is 10.5 Å². The summed E-state index contributed by atoms with van der Waals surface area (Å²) in [6.07, 6.45) is 3.15. The molecule has 0 radical (unpaired) electrons. The second-order valence-corrected chi connectivity index (χ2v) is 4.40. The summed E-state index contributed by atoms with van der Waals surface area (Å²) in [5.41, 5.74) is 0.149. The summed E-state index contributed by atoms with van der Waals surface area (Å²) in [7, 11) is 0. The van der Waals surface area contributed by atoms with Crippen molar-refractivity contribution in [2.24, 2.45) is 5.41 Å². The molecule has 4 nitrogen and oxygen atoms in total. The number of aromatic nitrogens is 1. The first-order chi connectivity index (χ1) is 7.14. The van der Waals surface area contributed by atoms with E-state index in [-0.39, 0.29) is 5.41 Å². The predicted molar refractivity (Wildman–Crippen MR) is 56.8 cm³/mol. The van der Waals surface area contributed by atoms with Gasteiger partial charge in [0.25, 0.3) is 0 Å². The van der Waals surface area contributed by atoms with E-state index in [1.807, 2.05) is 6.07 Å². The van der Waals surface area contributed by atoms with Gasteiger partial charge in [-0.05, 0) is 11.8 Å². The Hall–Kier alpha value is -1.34. The summed E-state index contributed by atoms with van der Waals surface area (Å²) in [4.78, 5) is 0. The molecule has 1 N–H and O–H groups in total. The van der Waals surface area contributed by atoms with Gasteiger partial charge in [-0.1, -0.05) is 19.0 Å². The van der Waals surface area contributed by atoms with Gasteiger partial charge in [-0.3, -0.25) is 0 Å². The number of hydrogen-bond acceptors (Lipinski definition) is 4. The van der Waals surface area contributed by atoms with Crippen LogP contribution in [-0.2, 0) is 6.54 Å². The lowest BCUT2D eigenvalue weighted by Crippen LogP contribution is -2.28. The molecule has 1 heterocycles. The molecule has 0 fully saturated rings. The Labute approximate surface area is 90.3 Å². The molecule has 15 heavy (non-hydrogen) atoms. The van der Waals surface area contributed by atoms with Gasteiger partial charge in [0.2, 0.25) is 0 Å². The standard InChI is InChI=1S/C11H17N3O/c1-11(2,5-3-6-12)9-13-8-10-4-7-14-15-10/h4,7,13H,3,5,8-9H2,1-2H3. The average Bonchev–Trinajstić information content (AvgIpc) is 2.67. The molecule has 0 spiro atoms. The molecular formula is C11H17N3O. The lowest BCUT2D eigenvalue weighted by molar-refractivity contribution is 0.303. The molecule has 0 aliphatic heterocycles. The number of rotatable bonds is 6. The Morgan fingerprint density at radius 3 is 3.00 bits per heavy atom. The summed E-state index contributed by atoms with van der Waals surface area (Å²) in [6.45, 7) is 5.86. The van der Waals surface area contributed by atoms with Crippen molar-refractivity contribution >= 4 is 0 Å². The van der Waals surface area contributed by atoms with Gasteiger partial charge in [0.15, 0.2) is 0 Å². The van der Waals surface area contributed by atoms with E-state index in [0.29, 0.717) is 13.0 Å². The second kappa shape index (κ2) is 5.52. The fourth-order valence-electron chi connectivity index (χ4n) is 1.34. The van der Waals surface area contributed by atoms with Crippen molar-refractivity contribution in [3.05, 3.63) is 18.0 Å². The van der Waals surface area contributed by atoms with Crippen LogP contribution in [0, 0.1) is 16.7 Å². The zero-order valence-electron chi connectivity index (χ0n) is 9.29. The lowest BCUT2D eigenvalue weighted by atomic mass is 9.88. The highest BCUT2D eigenvalue weighted by Gasteiger charge is 2.16. The van der Waals surface area contributed by atoms with Crippen LogP contribution in [-0.4, -0.2) is 11.7 Å². The van der Waals surface area contributed by atoms with Crippen molar-refractivity contribution < 1.29 is 4.52 Å². The third kappa shape index (κ3) is 4.61. The molecule has 0 aliphatic rings. The minimum atomic E-state index is 0.149. The third-order valence-electron chi connectivity index (χ3n) is 2.31. The zero-order chi connectivity index (χ0) is 11.1. The average molecular weight is 207 g/mol. The van der Waals surface area contributed by atoms with E-state index in [0.717, 1.165) is 18.7 Å². The van der Waals surface area contributed by atoms with Crippen LogP contribution in [0.1, 0.15) is 32.4 Å². The fraction of sp³-hybridized carbons (Fsp3) is 0.636. The van der Waals surface area contributed by atoms with Gasteiger partial charge in [0, 0.05) is 19.0 Å². The SMILES string of the molecule is CC(C)(CCC#N)CNCc1ccno1. The quantitative estimate of drug-likeness (QED) is 0.775. The van der Waals surface area contributed by atoms with Crippen LogP contribution in [0.5, 0.6) is 0 Å². The zero-order valence-corrected chi connectivity index (χ0v) is 9.29. The van der Waals surface area contributed by atoms with E-state index in [2.05, 4.69) is 30.4 Å². The van der Waals surface area contributed by atoms with E-state index < -0.39 is 0 Å². The summed E-state index contributed by atoms with van der Waals surface area (Å²) in [5.74, 6) is 0.839. The number of nitrogens with zero attached hydrogens (tertiary/aromatic N) is 2. The van der Waals surface area contributed by atoms with Crippen LogP contribution in [0.2, 0.25) is 0 Å². The van der Waals surface area contributed by atoms with E-state index in [1.165, 1.54) is 0 Å². The first kappa shape index (κ1) is 11.7. The monoisotopic (exact) mass is 207 g/mol. The van der Waals surface area contributed by atoms with Crippen molar-refractivity contribution in [2.75, 3.05) is 6.54 Å². The van der Waals surface area contributed by atoms with Gasteiger partial charge >= 0.3 is 0 Å². The van der Waals surface area contributed by atoms with Gasteiger partial charge in [-0.25, -0.2) is 0 Å². The van der Waals surface area contributed by atoms with Crippen LogP contribution in [0.4, 0.5) is 0 Å². The maximum Gasteiger partial charge on any atom is 0.150 e. The van der Waals surface area contributed by atoms with E-state index in [1.54, 1.807) is 6.20 Å². The molecule has 0 unspecified atom stereocenters. The Morgan fingerprint density at radius 2 is 2.40 bits per heavy atom. The van der Waals surface area contributed by atoms with Crippen molar-refractivity contribution in [3.63, 3.8) is 0 Å². The highest BCUT2D eigenvalue weighted by atomic mass is 16.5. The van der Waals surface area contributed by atoms with Crippen molar-refractivity contribution in [1.29, 1.82) is 5.26 Å². The maximum atomic E-state index is 8.51. The molecule has 0 aliphatic carbocycles. The number of hydrogen-bond donors (Lipinski definition) is 1. The smallest absolute Gasteiger partial charge is 0.150 e. The van der Waals surface area contributed by atoms with Crippen LogP contribution >= 0.6 is 0 Å². The first-order valence-corrected chi connectivity index (χ1v) is 5.11. The largest absolute Gasteiger partial charge is 0.360 e. The summed E-state index contributed by atoms with van der Waals surface area (Å²) in [5, 5.41) is 15.4. The van der Waals surface area contributed by atoms with Gasteiger partial charge in [0.05, 0.1) is 18.8 Å². The molecule has 0 aromatic carbocycles. The van der Waals surface area contributed by atoms with Gasteiger partial charge in [-0.2, -0.15) is 5.26 Å². The van der Waals surface area contributed by atoms with Gasteiger partial charge in [0.1, 0.15) is 5.76 Å². The molecule has 82 valence electrons. The van der Waals surface area contributed by atoms with Gasteiger partial charge in [-0.15, -0.1) is 0 Å². The van der Waals surface area contributed by atoms with Gasteiger partial charge < -0.3 is 9.84 Å². The number of nitrogens with one attached hydrogen (secondary N) is 1. The Morgan fingerprint density at radius 1 is 1.60 bits per heavy atom. The van der Waals surface area contributed by atoms with Crippen molar-refractivity contribution in [3.8, 4) is 6.07 Å². The molecule has 0 atom stereocenters. The lowest BCUT2D eigenvalue weighted by Gasteiger charge is -2.23. The summed E-state index contributed by atoms with van der Waals surface area (Å²) in [6, 6.07) is 4.01.